The van der Waals surface area contributed by atoms with Crippen molar-refractivity contribution in [2.45, 2.75) is 19.6 Å². The SMILES string of the molecule is C[Si](C)(C)c1cc2ccccc2[cH-]1.[Cl][Zr][Cl]. The molecule has 0 aliphatic heterocycles. The number of hydrogen-bond donors (Lipinski definition) is 0. The second-order valence-corrected chi connectivity index (χ2v) is 13.5. The Morgan fingerprint density at radius 1 is 1.12 bits per heavy atom. The van der Waals surface area contributed by atoms with Gasteiger partial charge in [-0.05, 0) is 0 Å². The van der Waals surface area contributed by atoms with Crippen LogP contribution in [0.3, 0.4) is 0 Å². The summed E-state index contributed by atoms with van der Waals surface area (Å²) in [5.41, 5.74) is 0. The quantitative estimate of drug-likeness (QED) is 0.526. The van der Waals surface area contributed by atoms with Crippen LogP contribution in [0, 0.1) is 0 Å². The molecule has 0 bridgehead atoms. The Morgan fingerprint density at radius 3 is 2.19 bits per heavy atom. The first kappa shape index (κ1) is 14.6. The van der Waals surface area contributed by atoms with Crippen molar-refractivity contribution in [3.8, 4) is 0 Å². The van der Waals surface area contributed by atoms with E-state index in [1.165, 1.54) is 10.8 Å². The van der Waals surface area contributed by atoms with E-state index in [9.17, 15) is 0 Å². The average molecular weight is 349 g/mol. The zero-order chi connectivity index (χ0) is 12.2. The molecule has 0 saturated carbocycles. The third-order valence-electron chi connectivity index (χ3n) is 2.48. The second kappa shape index (κ2) is 6.44. The van der Waals surface area contributed by atoms with Crippen LogP contribution >= 0.6 is 17.0 Å². The van der Waals surface area contributed by atoms with Crippen molar-refractivity contribution in [2.24, 2.45) is 0 Å². The minimum absolute atomic E-state index is 0.826. The molecular formula is C12H15Cl2SiZr-. The van der Waals surface area contributed by atoms with Gasteiger partial charge in [0.2, 0.25) is 0 Å². The molecule has 2 aromatic rings. The fraction of sp³-hybridized carbons (Fsp3) is 0.250. The molecule has 0 radical (unpaired) electrons. The molecule has 4 heteroatoms. The molecule has 0 aliphatic rings. The summed E-state index contributed by atoms with van der Waals surface area (Å²) in [7, 11) is 8.75. The number of hydrogen-bond acceptors (Lipinski definition) is 0. The van der Waals surface area contributed by atoms with Crippen LogP contribution in [0.5, 0.6) is 0 Å². The van der Waals surface area contributed by atoms with Gasteiger partial charge < -0.3 is 0 Å². The fourth-order valence-corrected chi connectivity index (χ4v) is 2.76. The summed E-state index contributed by atoms with van der Waals surface area (Å²) >= 11 is -0.826. The molecule has 0 saturated heterocycles. The molecule has 0 atom stereocenters. The van der Waals surface area contributed by atoms with Gasteiger partial charge in [-0.1, -0.05) is 25.7 Å². The van der Waals surface area contributed by atoms with E-state index in [0.29, 0.717) is 0 Å². The van der Waals surface area contributed by atoms with E-state index >= 15 is 0 Å². The molecule has 0 unspecified atom stereocenters. The Labute approximate surface area is 117 Å². The Kier molecular flexibility index (Phi) is 5.87. The van der Waals surface area contributed by atoms with Crippen molar-refractivity contribution < 1.29 is 20.8 Å². The monoisotopic (exact) mass is 347 g/mol. The van der Waals surface area contributed by atoms with Gasteiger partial charge in [-0.2, -0.15) is 11.5 Å². The third kappa shape index (κ3) is 4.07. The van der Waals surface area contributed by atoms with Crippen LogP contribution in [0.4, 0.5) is 0 Å². The number of benzene rings is 1. The molecule has 0 amide bonds. The van der Waals surface area contributed by atoms with Crippen molar-refractivity contribution in [1.29, 1.82) is 0 Å². The van der Waals surface area contributed by atoms with E-state index in [0.717, 1.165) is 0 Å². The van der Waals surface area contributed by atoms with Crippen LogP contribution < -0.4 is 5.19 Å². The summed E-state index contributed by atoms with van der Waals surface area (Å²) in [6, 6.07) is 13.3. The van der Waals surface area contributed by atoms with Crippen molar-refractivity contribution in [1.82, 2.24) is 0 Å². The van der Waals surface area contributed by atoms with Crippen molar-refractivity contribution in [3.05, 3.63) is 36.4 Å². The van der Waals surface area contributed by atoms with E-state index in [1.54, 1.807) is 5.19 Å². The summed E-state index contributed by atoms with van der Waals surface area (Å²) in [5, 5.41) is 4.34. The predicted octanol–water partition coefficient (Wildman–Crippen LogP) is 4.48. The van der Waals surface area contributed by atoms with Gasteiger partial charge in [0, 0.05) is 0 Å². The molecule has 2 aromatic carbocycles. The summed E-state index contributed by atoms with van der Waals surface area (Å²) < 4.78 is 0. The van der Waals surface area contributed by atoms with Crippen molar-refractivity contribution in [3.63, 3.8) is 0 Å². The van der Waals surface area contributed by atoms with Gasteiger partial charge in [-0.15, -0.1) is 34.8 Å². The Morgan fingerprint density at radius 2 is 1.69 bits per heavy atom. The van der Waals surface area contributed by atoms with Gasteiger partial charge in [0.15, 0.2) is 0 Å². The van der Waals surface area contributed by atoms with E-state index in [2.05, 4.69) is 56.0 Å². The second-order valence-electron chi connectivity index (χ2n) is 4.69. The van der Waals surface area contributed by atoms with Crippen molar-refractivity contribution in [2.75, 3.05) is 0 Å². The van der Waals surface area contributed by atoms with E-state index in [-0.39, 0.29) is 0 Å². The van der Waals surface area contributed by atoms with E-state index < -0.39 is 28.9 Å². The van der Waals surface area contributed by atoms with Crippen LogP contribution in [0.2, 0.25) is 19.6 Å². The molecule has 0 fully saturated rings. The molecule has 0 heterocycles. The third-order valence-corrected chi connectivity index (χ3v) is 4.50. The number of fused-ring (bicyclic) bond motifs is 1. The first-order chi connectivity index (χ1) is 7.49. The predicted molar refractivity (Wildman–Crippen MR) is 74.2 cm³/mol. The van der Waals surface area contributed by atoms with Crippen LogP contribution in [0.25, 0.3) is 10.8 Å². The number of rotatable bonds is 1. The van der Waals surface area contributed by atoms with Crippen LogP contribution in [-0.2, 0) is 20.8 Å². The van der Waals surface area contributed by atoms with Gasteiger partial charge >= 0.3 is 37.9 Å². The van der Waals surface area contributed by atoms with Crippen LogP contribution in [0.1, 0.15) is 0 Å². The average Bonchev–Trinajstić information content (AvgIpc) is 2.61. The topological polar surface area (TPSA) is 0 Å². The molecule has 0 aromatic heterocycles. The van der Waals surface area contributed by atoms with Gasteiger partial charge in [-0.3, -0.25) is 0 Å². The molecule has 16 heavy (non-hydrogen) atoms. The van der Waals surface area contributed by atoms with E-state index in [1.807, 2.05) is 0 Å². The molecule has 0 nitrogen and oxygen atoms in total. The van der Waals surface area contributed by atoms with Crippen molar-refractivity contribution >= 4 is 41.1 Å². The Balaban J connectivity index is 0.000000386. The normalized spacial score (nSPS) is 10.8. The maximum atomic E-state index is 4.93. The van der Waals surface area contributed by atoms with Gasteiger partial charge in [-0.25, -0.2) is 0 Å². The molecule has 0 N–H and O–H groups in total. The first-order valence-corrected chi connectivity index (χ1v) is 14.9. The number of halogens is 2. The fourth-order valence-electron chi connectivity index (χ4n) is 1.58. The summed E-state index contributed by atoms with van der Waals surface area (Å²) in [6.45, 7) is 7.17. The summed E-state index contributed by atoms with van der Waals surface area (Å²) in [6.07, 6.45) is 0. The minimum atomic E-state index is -1.12. The maximum absolute atomic E-state index is 4.93. The summed E-state index contributed by atoms with van der Waals surface area (Å²) in [4.78, 5) is 0. The van der Waals surface area contributed by atoms with Gasteiger partial charge in [0.1, 0.15) is 0 Å². The zero-order valence-electron chi connectivity index (χ0n) is 9.72. The Bertz CT molecular complexity index is 412. The molecule has 0 spiro atoms. The molecular weight excluding hydrogens is 334 g/mol. The summed E-state index contributed by atoms with van der Waals surface area (Å²) in [5.74, 6) is 0. The molecule has 86 valence electrons. The Hall–Kier alpha value is 0.510. The van der Waals surface area contributed by atoms with Gasteiger partial charge in [0.25, 0.3) is 0 Å². The van der Waals surface area contributed by atoms with Crippen LogP contribution in [-0.4, -0.2) is 8.07 Å². The molecule has 0 aliphatic carbocycles. The van der Waals surface area contributed by atoms with E-state index in [4.69, 9.17) is 17.0 Å². The zero-order valence-corrected chi connectivity index (χ0v) is 14.7. The van der Waals surface area contributed by atoms with Gasteiger partial charge in [0.05, 0.1) is 8.07 Å². The molecule has 2 rings (SSSR count). The first-order valence-electron chi connectivity index (χ1n) is 5.11. The van der Waals surface area contributed by atoms with Crippen LogP contribution in [0.15, 0.2) is 36.4 Å². The standard InChI is InChI=1S/C12H15Si.2ClH.Zr/c1-13(2,3)12-8-10-6-4-5-7-11(10)9-12;;;/h4-9H,1-3H3;2*1H;/q-1;;;+2/p-2.